The van der Waals surface area contributed by atoms with E-state index in [0.29, 0.717) is 50.1 Å². The normalized spacial score (nSPS) is 11.4. The predicted octanol–water partition coefficient (Wildman–Crippen LogP) is 34.4. The van der Waals surface area contributed by atoms with Crippen LogP contribution in [-0.2, 0) is 0 Å². The number of hydrogen-bond donors (Lipinski definition) is 0. The third-order valence-electron chi connectivity index (χ3n) is 26.7. The van der Waals surface area contributed by atoms with Crippen LogP contribution in [0.3, 0.4) is 0 Å². The van der Waals surface area contributed by atoms with Crippen LogP contribution in [0.15, 0.2) is 437 Å². The predicted molar refractivity (Wildman–Crippen MR) is 573 cm³/mol. The molecular formula is C127H67N9O7S. The number of nitriles is 5. The zero-order chi connectivity index (χ0) is 96.2. The number of rotatable bonds is 9. The number of benzene rings is 17. The lowest BCUT2D eigenvalue weighted by Gasteiger charge is -2.10. The van der Waals surface area contributed by atoms with Crippen LogP contribution in [0.4, 0.5) is 0 Å². The zero-order valence-corrected chi connectivity index (χ0v) is 76.8. The smallest absolute Gasteiger partial charge is 0.165 e. The SMILES string of the molecule is N#Cc1ccc(-c2ccc(-c3c4oc5ccccc5c4nc4c3oc3ccccc34)cc2)cc1.N#Cc1ccc(-c2ccc(-c3c4oc5ccccc5c4nc4c3sc3ccccc34)cc2)cc1.N#Cc1ccc(-c2cccc(-c3c4oc5ccccc5c4nc4c3oc3ccccc34)c2)cc1.N#Cc1cccc(-c2cc(C#N)cc(-c3ccc(-c4c5oc6ccccc6c5nc5c4oc4ccccc45)cc3)c2)c1. The Morgan fingerprint density at radius 2 is 0.396 bits per heavy atom. The van der Waals surface area contributed by atoms with Crippen molar-refractivity contribution in [1.29, 1.82) is 26.3 Å². The highest BCUT2D eigenvalue weighted by Crippen LogP contribution is 2.51. The zero-order valence-electron chi connectivity index (χ0n) is 76.0. The number of thiophene rings is 1. The maximum Gasteiger partial charge on any atom is 0.165 e. The van der Waals surface area contributed by atoms with Crippen molar-refractivity contribution in [1.82, 2.24) is 19.9 Å². The molecule has 0 bridgehead atoms. The summed E-state index contributed by atoms with van der Waals surface area (Å²) in [6.07, 6.45) is 0. The molecule has 0 saturated carbocycles. The van der Waals surface area contributed by atoms with E-state index in [1.165, 1.54) is 10.1 Å². The van der Waals surface area contributed by atoms with Gasteiger partial charge in [-0.2, -0.15) is 26.3 Å². The van der Waals surface area contributed by atoms with Gasteiger partial charge in [-0.3, -0.25) is 0 Å². The molecule has 0 aliphatic heterocycles. The van der Waals surface area contributed by atoms with Gasteiger partial charge in [0.2, 0.25) is 0 Å². The average molecular weight is 1860 g/mol. The quantitative estimate of drug-likeness (QED) is 0.130. The minimum Gasteiger partial charge on any atom is -0.454 e. The molecule has 29 aromatic rings. The minimum atomic E-state index is 0.552. The fourth-order valence-electron chi connectivity index (χ4n) is 19.8. The van der Waals surface area contributed by atoms with E-state index >= 15 is 0 Å². The molecule has 29 rings (SSSR count). The summed E-state index contributed by atoms with van der Waals surface area (Å²) in [5.74, 6) is 0. The number of nitrogens with zero attached hydrogens (tertiary/aromatic N) is 9. The summed E-state index contributed by atoms with van der Waals surface area (Å²) in [5.41, 5.74) is 38.4. The summed E-state index contributed by atoms with van der Waals surface area (Å²) in [7, 11) is 0. The van der Waals surface area contributed by atoms with E-state index in [1.54, 1.807) is 17.4 Å². The standard InChI is InChI=1S/C37H19N3O2.2C30H16N2O2.C30H16N2OS/c38-20-22-6-5-7-26(16-22)28-18-23(21-39)17-27(19-28)24-12-14-25(15-13-24)33-36-34(29-8-1-3-10-31(29)41-36)40-35-30-9-2-4-11-32(30)42-37(33)35;31-17-18-12-14-19(15-13-18)20-6-5-7-21(16-20)26-29-27(22-8-1-3-10-24(22)33-29)32-28-23-9-2-4-11-25(23)34-30(26)28;2*31-17-18-9-11-19(12-10-18)20-13-15-21(16-14-20)26-29-27(22-5-1-3-7-24(22)33-29)32-28-23-6-2-4-8-25(23)34-30(26)28/h1-19H;3*1-16H. The third-order valence-corrected chi connectivity index (χ3v) is 27.9. The maximum absolute atomic E-state index is 9.77. The van der Waals surface area contributed by atoms with Crippen molar-refractivity contribution in [2.24, 2.45) is 0 Å². The number of para-hydroxylation sites is 7. The number of fused-ring (bicyclic) bond motifs is 24. The Balaban J connectivity index is 0.0000000984. The van der Waals surface area contributed by atoms with Crippen molar-refractivity contribution in [2.75, 3.05) is 0 Å². The van der Waals surface area contributed by atoms with Crippen molar-refractivity contribution in [3.05, 3.63) is 434 Å². The van der Waals surface area contributed by atoms with Crippen molar-refractivity contribution in [3.8, 4) is 130 Å². The molecule has 16 nitrogen and oxygen atoms in total. The molecule has 0 saturated heterocycles. The van der Waals surface area contributed by atoms with Crippen molar-refractivity contribution in [3.63, 3.8) is 0 Å². The molecule has 0 fully saturated rings. The number of aromatic nitrogens is 4. The molecule has 0 atom stereocenters. The second kappa shape index (κ2) is 34.7. The third kappa shape index (κ3) is 14.5. The number of hydrogen-bond acceptors (Lipinski definition) is 17. The van der Waals surface area contributed by atoms with Gasteiger partial charge in [0.05, 0.1) is 85.1 Å². The van der Waals surface area contributed by atoms with E-state index in [-0.39, 0.29) is 0 Å². The fraction of sp³-hybridized carbons (Fsp3) is 0. The van der Waals surface area contributed by atoms with Gasteiger partial charge in [0, 0.05) is 53.4 Å². The molecule has 0 amide bonds. The Labute approximate surface area is 822 Å². The van der Waals surface area contributed by atoms with E-state index in [2.05, 4.69) is 140 Å². The maximum atomic E-state index is 9.77. The first-order valence-electron chi connectivity index (χ1n) is 46.6. The van der Waals surface area contributed by atoms with E-state index in [4.69, 9.17) is 66.6 Å². The van der Waals surface area contributed by atoms with Crippen LogP contribution >= 0.6 is 11.3 Å². The van der Waals surface area contributed by atoms with Crippen LogP contribution in [-0.4, -0.2) is 19.9 Å². The largest absolute Gasteiger partial charge is 0.454 e. The van der Waals surface area contributed by atoms with E-state index in [0.717, 1.165) is 243 Å². The Morgan fingerprint density at radius 1 is 0.167 bits per heavy atom. The molecule has 0 radical (unpaired) electrons. The lowest BCUT2D eigenvalue weighted by molar-refractivity contribution is 0.656. The van der Waals surface area contributed by atoms with Crippen LogP contribution < -0.4 is 0 Å². The monoisotopic (exact) mass is 1860 g/mol. The van der Waals surface area contributed by atoms with E-state index in [1.807, 2.05) is 291 Å². The summed E-state index contributed by atoms with van der Waals surface area (Å²) in [5, 5.41) is 54.5. The van der Waals surface area contributed by atoms with Gasteiger partial charge in [-0.25, -0.2) is 19.9 Å². The Morgan fingerprint density at radius 3 is 0.736 bits per heavy atom. The molecule has 0 aliphatic rings. The molecule has 17 heteroatoms. The summed E-state index contributed by atoms with van der Waals surface area (Å²) in [6, 6.07) is 145. The van der Waals surface area contributed by atoms with Gasteiger partial charge in [0.1, 0.15) is 77.7 Å². The highest BCUT2D eigenvalue weighted by atomic mass is 32.1. The molecule has 17 aromatic carbocycles. The minimum absolute atomic E-state index is 0.552. The number of pyridine rings is 4. The Bertz CT molecular complexity index is 9920. The van der Waals surface area contributed by atoms with Gasteiger partial charge in [-0.05, 0) is 242 Å². The lowest BCUT2D eigenvalue weighted by atomic mass is 9.94. The molecule has 144 heavy (non-hydrogen) atoms. The van der Waals surface area contributed by atoms with Gasteiger partial charge in [0.15, 0.2) is 39.1 Å². The summed E-state index contributed by atoms with van der Waals surface area (Å²) < 4.78 is 46.9. The molecule has 12 heterocycles. The molecule has 12 aromatic heterocycles. The van der Waals surface area contributed by atoms with Crippen LogP contribution in [0.5, 0.6) is 0 Å². The van der Waals surface area contributed by atoms with Gasteiger partial charge < -0.3 is 30.9 Å². The number of furan rings is 7. The first-order chi connectivity index (χ1) is 71.1. The molecule has 0 N–H and O–H groups in total. The van der Waals surface area contributed by atoms with Crippen molar-refractivity contribution >= 4 is 186 Å². The van der Waals surface area contributed by atoms with Gasteiger partial charge in [0.25, 0.3) is 0 Å². The highest BCUT2D eigenvalue weighted by Gasteiger charge is 2.29. The second-order valence-corrected chi connectivity index (χ2v) is 36.2. The second-order valence-electron chi connectivity index (χ2n) is 35.1. The van der Waals surface area contributed by atoms with Crippen LogP contribution in [0, 0.1) is 56.7 Å². The van der Waals surface area contributed by atoms with Gasteiger partial charge in [-0.1, -0.05) is 243 Å². The fourth-order valence-corrected chi connectivity index (χ4v) is 21.0. The summed E-state index contributed by atoms with van der Waals surface area (Å²) in [6.45, 7) is 0. The molecule has 0 unspecified atom stereocenters. The highest BCUT2D eigenvalue weighted by molar-refractivity contribution is 7.26. The molecule has 668 valence electrons. The summed E-state index contributed by atoms with van der Waals surface area (Å²) >= 11 is 1.76. The lowest BCUT2D eigenvalue weighted by Crippen LogP contribution is -1.88. The first-order valence-corrected chi connectivity index (χ1v) is 47.4. The first kappa shape index (κ1) is 84.1. The molecule has 0 spiro atoms. The van der Waals surface area contributed by atoms with Crippen LogP contribution in [0.2, 0.25) is 0 Å². The van der Waals surface area contributed by atoms with Crippen LogP contribution in [0.1, 0.15) is 27.8 Å². The van der Waals surface area contributed by atoms with E-state index in [9.17, 15) is 10.5 Å². The van der Waals surface area contributed by atoms with Crippen LogP contribution in [0.25, 0.3) is 275 Å². The summed E-state index contributed by atoms with van der Waals surface area (Å²) in [4.78, 5) is 20.2. The van der Waals surface area contributed by atoms with Gasteiger partial charge in [-0.15, -0.1) is 11.3 Å². The van der Waals surface area contributed by atoms with E-state index < -0.39 is 0 Å². The van der Waals surface area contributed by atoms with Crippen molar-refractivity contribution in [2.45, 2.75) is 0 Å². The molecular weight excluding hydrogens is 1800 g/mol. The van der Waals surface area contributed by atoms with Gasteiger partial charge >= 0.3 is 0 Å². The van der Waals surface area contributed by atoms with Crippen molar-refractivity contribution < 1.29 is 30.9 Å². The Kier molecular flexibility index (Phi) is 20.3. The average Bonchev–Trinajstić information content (AvgIpc) is 1.58. The Hall–Kier alpha value is -20.4. The topological polar surface area (TPSA) is 262 Å². The molecule has 0 aliphatic carbocycles.